The molecule has 5 nitrogen and oxygen atoms in total. The molecule has 1 N–H and O–H groups in total. The number of carbonyl (C=O) groups excluding carboxylic acids is 1. The molecule has 0 saturated carbocycles. The van der Waals surface area contributed by atoms with Gasteiger partial charge in [0.25, 0.3) is 0 Å². The molecule has 1 aromatic carbocycles. The second-order valence-corrected chi connectivity index (χ2v) is 6.37. The lowest BCUT2D eigenvalue weighted by atomic mass is 9.80. The van der Waals surface area contributed by atoms with E-state index in [4.69, 9.17) is 0 Å². The highest BCUT2D eigenvalue weighted by Gasteiger charge is 2.23. The van der Waals surface area contributed by atoms with Crippen LogP contribution in [0.1, 0.15) is 34.1 Å². The molecule has 112 valence electrons. The fourth-order valence-electron chi connectivity index (χ4n) is 1.79. The van der Waals surface area contributed by atoms with Crippen LogP contribution in [-0.2, 0) is 4.79 Å². The van der Waals surface area contributed by atoms with Crippen molar-refractivity contribution in [2.75, 3.05) is 5.32 Å². The Morgan fingerprint density at radius 1 is 1.29 bits per heavy atom. The third-order valence-electron chi connectivity index (χ3n) is 3.73. The van der Waals surface area contributed by atoms with Crippen LogP contribution >= 0.6 is 0 Å². The molecule has 0 aliphatic rings. The number of anilines is 1. The van der Waals surface area contributed by atoms with Crippen LogP contribution in [0.2, 0.25) is 0 Å². The number of rotatable bonds is 4. The van der Waals surface area contributed by atoms with Crippen LogP contribution in [0.4, 0.5) is 5.95 Å². The Kier molecular flexibility index (Phi) is 4.40. The predicted octanol–water partition coefficient (Wildman–Crippen LogP) is 3.28. The molecule has 2 rings (SSSR count). The van der Waals surface area contributed by atoms with Crippen molar-refractivity contribution in [2.24, 2.45) is 11.3 Å². The molecule has 1 heterocycles. The summed E-state index contributed by atoms with van der Waals surface area (Å²) in [4.78, 5) is 16.1. The highest BCUT2D eigenvalue weighted by atomic mass is 16.1. The molecule has 1 atom stereocenters. The van der Waals surface area contributed by atoms with Gasteiger partial charge < -0.3 is 0 Å². The summed E-state index contributed by atoms with van der Waals surface area (Å²) >= 11 is 0. The molecule has 0 fully saturated rings. The summed E-state index contributed by atoms with van der Waals surface area (Å²) < 4.78 is 1.64. The maximum Gasteiger partial charge on any atom is 0.249 e. The van der Waals surface area contributed by atoms with Crippen molar-refractivity contribution < 1.29 is 4.79 Å². The molecular weight excluding hydrogens is 264 g/mol. The smallest absolute Gasteiger partial charge is 0.249 e. The number of carbonyl (C=O) groups is 1. The maximum atomic E-state index is 12.0. The first-order valence-corrected chi connectivity index (χ1v) is 7.13. The normalized spacial score (nSPS) is 13.0. The van der Waals surface area contributed by atoms with Gasteiger partial charge in [0.2, 0.25) is 11.9 Å². The summed E-state index contributed by atoms with van der Waals surface area (Å²) in [5, 5.41) is 7.02. The van der Waals surface area contributed by atoms with E-state index in [1.807, 2.05) is 30.3 Å². The summed E-state index contributed by atoms with van der Waals surface area (Å²) in [5.74, 6) is 0.571. The van der Waals surface area contributed by atoms with E-state index in [-0.39, 0.29) is 17.2 Å². The van der Waals surface area contributed by atoms with Crippen LogP contribution in [0.15, 0.2) is 36.7 Å². The lowest BCUT2D eigenvalue weighted by Crippen LogP contribution is -2.24. The Balaban J connectivity index is 1.98. The standard InChI is InChI=1S/C16H22N4O/c1-12(16(2,3)4)10-14(21)18-15-17-11-20(19-15)13-8-6-5-7-9-13/h5-9,11-12H,10H2,1-4H3,(H,18,19,21). The maximum absolute atomic E-state index is 12.0. The predicted molar refractivity (Wildman–Crippen MR) is 83.2 cm³/mol. The fraction of sp³-hybridized carbons (Fsp3) is 0.438. The van der Waals surface area contributed by atoms with Gasteiger partial charge in [0.05, 0.1) is 5.69 Å². The first kappa shape index (κ1) is 15.2. The Morgan fingerprint density at radius 2 is 1.95 bits per heavy atom. The van der Waals surface area contributed by atoms with E-state index < -0.39 is 0 Å². The number of nitrogens with zero attached hydrogens (tertiary/aromatic N) is 3. The van der Waals surface area contributed by atoms with E-state index in [0.29, 0.717) is 12.4 Å². The van der Waals surface area contributed by atoms with Crippen LogP contribution in [0.3, 0.4) is 0 Å². The van der Waals surface area contributed by atoms with Crippen LogP contribution in [0.25, 0.3) is 5.69 Å². The van der Waals surface area contributed by atoms with Gasteiger partial charge in [-0.2, -0.15) is 4.98 Å². The SMILES string of the molecule is CC(CC(=O)Nc1ncn(-c2ccccc2)n1)C(C)(C)C. The Labute approximate surface area is 125 Å². The largest absolute Gasteiger partial charge is 0.293 e. The molecule has 1 aromatic heterocycles. The zero-order valence-corrected chi connectivity index (χ0v) is 13.0. The Bertz CT molecular complexity index is 598. The van der Waals surface area contributed by atoms with Crippen molar-refractivity contribution >= 4 is 11.9 Å². The van der Waals surface area contributed by atoms with Crippen LogP contribution in [0, 0.1) is 11.3 Å². The fourth-order valence-corrected chi connectivity index (χ4v) is 1.79. The third kappa shape index (κ3) is 4.15. The van der Waals surface area contributed by atoms with Gasteiger partial charge in [-0.15, -0.1) is 5.10 Å². The van der Waals surface area contributed by atoms with Gasteiger partial charge in [0.15, 0.2) is 0 Å². The molecule has 0 aliphatic carbocycles. The minimum atomic E-state index is -0.0526. The highest BCUT2D eigenvalue weighted by Crippen LogP contribution is 2.28. The summed E-state index contributed by atoms with van der Waals surface area (Å²) in [6.45, 7) is 8.48. The van der Waals surface area contributed by atoms with Gasteiger partial charge >= 0.3 is 0 Å². The molecule has 1 unspecified atom stereocenters. The third-order valence-corrected chi connectivity index (χ3v) is 3.73. The minimum absolute atomic E-state index is 0.0526. The number of hydrogen-bond donors (Lipinski definition) is 1. The van der Waals surface area contributed by atoms with E-state index in [1.165, 1.54) is 0 Å². The van der Waals surface area contributed by atoms with Crippen molar-refractivity contribution in [1.82, 2.24) is 14.8 Å². The van der Waals surface area contributed by atoms with E-state index in [1.54, 1.807) is 11.0 Å². The summed E-state index contributed by atoms with van der Waals surface area (Å²) in [6.07, 6.45) is 2.06. The van der Waals surface area contributed by atoms with Crippen molar-refractivity contribution in [1.29, 1.82) is 0 Å². The molecule has 1 amide bonds. The van der Waals surface area contributed by atoms with Gasteiger partial charge in [-0.3, -0.25) is 10.1 Å². The second kappa shape index (κ2) is 6.08. The molecule has 21 heavy (non-hydrogen) atoms. The monoisotopic (exact) mass is 286 g/mol. The minimum Gasteiger partial charge on any atom is -0.293 e. The zero-order chi connectivity index (χ0) is 15.5. The van der Waals surface area contributed by atoms with Gasteiger partial charge in [-0.25, -0.2) is 4.68 Å². The lowest BCUT2D eigenvalue weighted by molar-refractivity contribution is -0.117. The molecule has 2 aromatic rings. The molecule has 0 saturated heterocycles. The van der Waals surface area contributed by atoms with E-state index in [0.717, 1.165) is 5.69 Å². The first-order valence-electron chi connectivity index (χ1n) is 7.13. The van der Waals surface area contributed by atoms with Crippen molar-refractivity contribution in [3.05, 3.63) is 36.7 Å². The van der Waals surface area contributed by atoms with Crippen LogP contribution < -0.4 is 5.32 Å². The highest BCUT2D eigenvalue weighted by molar-refractivity contribution is 5.89. The van der Waals surface area contributed by atoms with Gasteiger partial charge in [-0.05, 0) is 23.5 Å². The average Bonchev–Trinajstić information content (AvgIpc) is 2.87. The van der Waals surface area contributed by atoms with Crippen LogP contribution in [0.5, 0.6) is 0 Å². The molecule has 0 bridgehead atoms. The van der Waals surface area contributed by atoms with Crippen molar-refractivity contribution in [3.8, 4) is 5.69 Å². The molecular formula is C16H22N4O. The number of para-hydroxylation sites is 1. The summed E-state index contributed by atoms with van der Waals surface area (Å²) in [6, 6.07) is 9.67. The van der Waals surface area contributed by atoms with Gasteiger partial charge in [0, 0.05) is 6.42 Å². The molecule has 0 radical (unpaired) electrons. The van der Waals surface area contributed by atoms with E-state index >= 15 is 0 Å². The van der Waals surface area contributed by atoms with Gasteiger partial charge in [-0.1, -0.05) is 45.9 Å². The number of amides is 1. The molecule has 5 heteroatoms. The number of nitrogens with one attached hydrogen (secondary N) is 1. The molecule has 0 aliphatic heterocycles. The topological polar surface area (TPSA) is 59.8 Å². The number of hydrogen-bond acceptors (Lipinski definition) is 3. The average molecular weight is 286 g/mol. The zero-order valence-electron chi connectivity index (χ0n) is 13.0. The summed E-state index contributed by atoms with van der Waals surface area (Å²) in [5.41, 5.74) is 1.02. The second-order valence-electron chi connectivity index (χ2n) is 6.37. The van der Waals surface area contributed by atoms with Gasteiger partial charge in [0.1, 0.15) is 6.33 Å². The molecule has 0 spiro atoms. The Morgan fingerprint density at radius 3 is 2.57 bits per heavy atom. The van der Waals surface area contributed by atoms with E-state index in [9.17, 15) is 4.79 Å². The lowest BCUT2D eigenvalue weighted by Gasteiger charge is -2.26. The quantitative estimate of drug-likeness (QED) is 0.938. The summed E-state index contributed by atoms with van der Waals surface area (Å²) in [7, 11) is 0. The van der Waals surface area contributed by atoms with Crippen molar-refractivity contribution in [2.45, 2.75) is 34.1 Å². The van der Waals surface area contributed by atoms with Crippen LogP contribution in [-0.4, -0.2) is 20.7 Å². The Hall–Kier alpha value is -2.17. The van der Waals surface area contributed by atoms with Crippen molar-refractivity contribution in [3.63, 3.8) is 0 Å². The number of aromatic nitrogens is 3. The number of benzene rings is 1. The van der Waals surface area contributed by atoms with E-state index in [2.05, 4.69) is 43.1 Å². The first-order chi connectivity index (χ1) is 9.86.